The molecule has 0 saturated carbocycles. The summed E-state index contributed by atoms with van der Waals surface area (Å²) in [6, 6.07) is 5.73. The molecule has 29 heavy (non-hydrogen) atoms. The molecule has 0 radical (unpaired) electrons. The Morgan fingerprint density at radius 1 is 1.14 bits per heavy atom. The number of amides is 2. The SMILES string of the molecule is CC(C)(C)OC(=O)N(CC=Cc1cccc2c1OC(CO)C2)C(=O)OC(C)(C)C. The van der Waals surface area contributed by atoms with E-state index in [9.17, 15) is 14.7 Å². The molecule has 7 heteroatoms. The monoisotopic (exact) mass is 405 g/mol. The van der Waals surface area contributed by atoms with Crippen LogP contribution in [0.3, 0.4) is 0 Å². The quantitative estimate of drug-likeness (QED) is 0.809. The average Bonchev–Trinajstić information content (AvgIpc) is 2.99. The number of hydrogen-bond acceptors (Lipinski definition) is 6. The fraction of sp³-hybridized carbons (Fsp3) is 0.545. The first-order chi connectivity index (χ1) is 13.4. The lowest BCUT2D eigenvalue weighted by molar-refractivity contribution is 0.00377. The van der Waals surface area contributed by atoms with Crippen LogP contribution >= 0.6 is 0 Å². The molecule has 0 saturated heterocycles. The van der Waals surface area contributed by atoms with Crippen LogP contribution in [0.1, 0.15) is 52.7 Å². The van der Waals surface area contributed by atoms with Crippen LogP contribution in [0, 0.1) is 0 Å². The number of carbonyl (C=O) groups excluding carboxylic acids is 2. The van der Waals surface area contributed by atoms with Crippen molar-refractivity contribution in [1.29, 1.82) is 0 Å². The van der Waals surface area contributed by atoms with Crippen LogP contribution in [0.25, 0.3) is 6.08 Å². The van der Waals surface area contributed by atoms with E-state index in [-0.39, 0.29) is 19.3 Å². The van der Waals surface area contributed by atoms with Crippen LogP contribution in [0.4, 0.5) is 9.59 Å². The third kappa shape index (κ3) is 6.78. The van der Waals surface area contributed by atoms with Gasteiger partial charge < -0.3 is 19.3 Å². The van der Waals surface area contributed by atoms with Gasteiger partial charge in [0.05, 0.1) is 13.2 Å². The van der Waals surface area contributed by atoms with Gasteiger partial charge in [0.2, 0.25) is 0 Å². The first kappa shape index (κ1) is 22.7. The van der Waals surface area contributed by atoms with Gasteiger partial charge in [0, 0.05) is 12.0 Å². The van der Waals surface area contributed by atoms with Gasteiger partial charge in [0.1, 0.15) is 23.1 Å². The molecule has 0 bridgehead atoms. The van der Waals surface area contributed by atoms with Gasteiger partial charge in [0.15, 0.2) is 0 Å². The van der Waals surface area contributed by atoms with Crippen molar-refractivity contribution in [3.8, 4) is 5.75 Å². The van der Waals surface area contributed by atoms with Crippen LogP contribution in [0.15, 0.2) is 24.3 Å². The summed E-state index contributed by atoms with van der Waals surface area (Å²) < 4.78 is 16.5. The molecule has 1 atom stereocenters. The second-order valence-electron chi connectivity index (χ2n) is 8.94. The highest BCUT2D eigenvalue weighted by molar-refractivity contribution is 5.88. The molecule has 1 N–H and O–H groups in total. The topological polar surface area (TPSA) is 85.3 Å². The minimum Gasteiger partial charge on any atom is -0.487 e. The Bertz CT molecular complexity index is 744. The minimum absolute atomic E-state index is 0.0169. The zero-order chi connectivity index (χ0) is 21.8. The summed E-state index contributed by atoms with van der Waals surface area (Å²) in [5.74, 6) is 0.712. The predicted molar refractivity (Wildman–Crippen MR) is 110 cm³/mol. The Labute approximate surface area is 172 Å². The number of imide groups is 1. The number of fused-ring (bicyclic) bond motifs is 1. The molecule has 1 aromatic rings. The number of rotatable bonds is 4. The number of carbonyl (C=O) groups is 2. The van der Waals surface area contributed by atoms with Crippen molar-refractivity contribution in [2.24, 2.45) is 0 Å². The molecule has 1 aromatic carbocycles. The maximum atomic E-state index is 12.5. The van der Waals surface area contributed by atoms with Crippen molar-refractivity contribution < 1.29 is 28.9 Å². The van der Waals surface area contributed by atoms with E-state index in [1.807, 2.05) is 18.2 Å². The van der Waals surface area contributed by atoms with Crippen molar-refractivity contribution in [1.82, 2.24) is 4.90 Å². The van der Waals surface area contributed by atoms with Gasteiger partial charge in [-0.3, -0.25) is 0 Å². The van der Waals surface area contributed by atoms with Crippen molar-refractivity contribution in [2.75, 3.05) is 13.2 Å². The first-order valence-electron chi connectivity index (χ1n) is 9.69. The molecule has 2 rings (SSSR count). The van der Waals surface area contributed by atoms with Crippen LogP contribution in [-0.2, 0) is 15.9 Å². The summed E-state index contributed by atoms with van der Waals surface area (Å²) in [6.07, 6.45) is 2.31. The lowest BCUT2D eigenvalue weighted by atomic mass is 10.1. The van der Waals surface area contributed by atoms with E-state index in [0.717, 1.165) is 16.0 Å². The molecular formula is C22H31NO6. The number of hydrogen-bond donors (Lipinski definition) is 1. The van der Waals surface area contributed by atoms with E-state index >= 15 is 0 Å². The second-order valence-corrected chi connectivity index (χ2v) is 8.94. The average molecular weight is 405 g/mol. The third-order valence-corrected chi connectivity index (χ3v) is 3.88. The summed E-state index contributed by atoms with van der Waals surface area (Å²) in [5.41, 5.74) is 0.345. The van der Waals surface area contributed by atoms with Crippen molar-refractivity contribution in [2.45, 2.75) is 65.3 Å². The highest BCUT2D eigenvalue weighted by atomic mass is 16.6. The molecule has 0 aromatic heterocycles. The van der Waals surface area contributed by atoms with Crippen LogP contribution in [0.5, 0.6) is 5.75 Å². The zero-order valence-corrected chi connectivity index (χ0v) is 18.0. The molecule has 1 heterocycles. The van der Waals surface area contributed by atoms with Gasteiger partial charge >= 0.3 is 12.2 Å². The van der Waals surface area contributed by atoms with E-state index in [1.54, 1.807) is 53.7 Å². The smallest absolute Gasteiger partial charge is 0.420 e. The Balaban J connectivity index is 2.17. The number of ether oxygens (including phenoxy) is 3. The fourth-order valence-corrected chi connectivity index (χ4v) is 2.74. The van der Waals surface area contributed by atoms with E-state index in [1.165, 1.54) is 0 Å². The van der Waals surface area contributed by atoms with Gasteiger partial charge in [-0.1, -0.05) is 30.4 Å². The molecule has 1 unspecified atom stereocenters. The first-order valence-corrected chi connectivity index (χ1v) is 9.69. The summed E-state index contributed by atoms with van der Waals surface area (Å²) in [7, 11) is 0. The third-order valence-electron chi connectivity index (χ3n) is 3.88. The molecule has 0 aliphatic carbocycles. The second kappa shape index (κ2) is 8.86. The number of benzene rings is 1. The molecule has 7 nitrogen and oxygen atoms in total. The van der Waals surface area contributed by atoms with E-state index in [4.69, 9.17) is 14.2 Å². The molecule has 0 spiro atoms. The molecular weight excluding hydrogens is 374 g/mol. The normalized spacial score (nSPS) is 16.3. The Morgan fingerprint density at radius 2 is 1.72 bits per heavy atom. The van der Waals surface area contributed by atoms with Crippen molar-refractivity contribution in [3.05, 3.63) is 35.4 Å². The highest BCUT2D eigenvalue weighted by Crippen LogP contribution is 2.33. The largest absolute Gasteiger partial charge is 0.487 e. The van der Waals surface area contributed by atoms with E-state index < -0.39 is 23.4 Å². The number of aliphatic hydroxyl groups is 1. The Kier molecular flexibility index (Phi) is 6.95. The standard InChI is InChI=1S/C22H31NO6/c1-21(2,3)28-19(25)23(20(26)29-22(4,5)6)12-8-11-15-9-7-10-16-13-17(14-24)27-18(15)16/h7-11,17,24H,12-14H2,1-6H3. The Hall–Kier alpha value is -2.54. The maximum absolute atomic E-state index is 12.5. The maximum Gasteiger partial charge on any atom is 0.420 e. The van der Waals surface area contributed by atoms with Crippen LogP contribution < -0.4 is 4.74 Å². The summed E-state index contributed by atoms with van der Waals surface area (Å²) in [5, 5.41) is 9.33. The van der Waals surface area contributed by atoms with Gasteiger partial charge in [-0.25, -0.2) is 14.5 Å². The molecule has 1 aliphatic rings. The van der Waals surface area contributed by atoms with Gasteiger partial charge in [-0.15, -0.1) is 0 Å². The van der Waals surface area contributed by atoms with Crippen molar-refractivity contribution in [3.63, 3.8) is 0 Å². The zero-order valence-electron chi connectivity index (χ0n) is 18.0. The predicted octanol–water partition coefficient (Wildman–Crippen LogP) is 4.17. The van der Waals surface area contributed by atoms with Crippen molar-refractivity contribution >= 4 is 18.3 Å². The molecule has 160 valence electrons. The Morgan fingerprint density at radius 3 is 2.24 bits per heavy atom. The lowest BCUT2D eigenvalue weighted by Gasteiger charge is -2.28. The molecule has 1 aliphatic heterocycles. The van der Waals surface area contributed by atoms with Crippen LogP contribution in [-0.4, -0.2) is 52.7 Å². The van der Waals surface area contributed by atoms with E-state index in [2.05, 4.69) is 0 Å². The van der Waals surface area contributed by atoms with Crippen LogP contribution in [0.2, 0.25) is 0 Å². The fourth-order valence-electron chi connectivity index (χ4n) is 2.74. The summed E-state index contributed by atoms with van der Waals surface area (Å²) in [4.78, 5) is 26.0. The van der Waals surface area contributed by atoms with Gasteiger partial charge in [0.25, 0.3) is 0 Å². The van der Waals surface area contributed by atoms with Gasteiger partial charge in [-0.2, -0.15) is 0 Å². The number of aliphatic hydroxyl groups excluding tert-OH is 1. The minimum atomic E-state index is -0.772. The number of nitrogens with zero attached hydrogens (tertiary/aromatic N) is 1. The lowest BCUT2D eigenvalue weighted by Crippen LogP contribution is -2.43. The number of para-hydroxylation sites is 1. The molecule has 0 fully saturated rings. The van der Waals surface area contributed by atoms with Gasteiger partial charge in [-0.05, 0) is 47.1 Å². The summed E-state index contributed by atoms with van der Waals surface area (Å²) >= 11 is 0. The summed E-state index contributed by atoms with van der Waals surface area (Å²) in [6.45, 7) is 10.3. The van der Waals surface area contributed by atoms with E-state index in [0.29, 0.717) is 12.2 Å². The highest BCUT2D eigenvalue weighted by Gasteiger charge is 2.30. The molecule has 2 amide bonds.